The molecule has 0 bridgehead atoms. The quantitative estimate of drug-likeness (QED) is 0.0744. The minimum absolute atomic E-state index is 0.294. The number of carbonyl (C=O) groups excluding carboxylic acids is 7. The summed E-state index contributed by atoms with van der Waals surface area (Å²) in [6, 6.07) is 0. The number of carbonyl (C=O) groups is 7. The molecule has 0 radical (unpaired) electrons. The zero-order valence-electron chi connectivity index (χ0n) is 39.7. The molecule has 0 aromatic carbocycles. The van der Waals surface area contributed by atoms with Crippen LogP contribution in [-0.2, 0) is 76.2 Å². The number of esters is 7. The van der Waals surface area contributed by atoms with Gasteiger partial charge in [0.25, 0.3) is 0 Å². The van der Waals surface area contributed by atoms with Gasteiger partial charge in [-0.25, -0.2) is 0 Å². The fourth-order valence-electron chi connectivity index (χ4n) is 5.97. The summed E-state index contributed by atoms with van der Waals surface area (Å²) in [4.78, 5) is 94.6. The van der Waals surface area contributed by atoms with Gasteiger partial charge in [0, 0.05) is 5.92 Å². The van der Waals surface area contributed by atoms with Gasteiger partial charge in [-0.3, -0.25) is 33.6 Å². The van der Waals surface area contributed by atoms with Gasteiger partial charge in [-0.1, -0.05) is 22.6 Å². The smallest absolute Gasteiger partial charge is 0.321 e. The molecule has 1 aliphatic carbocycles. The van der Waals surface area contributed by atoms with Crippen molar-refractivity contribution >= 4 is 64.4 Å². The lowest BCUT2D eigenvalue weighted by Gasteiger charge is -2.47. The Morgan fingerprint density at radius 1 is 0.548 bits per heavy atom. The summed E-state index contributed by atoms with van der Waals surface area (Å²) in [6.45, 7) is 28.6. The van der Waals surface area contributed by atoms with Crippen LogP contribution in [0.2, 0.25) is 0 Å². The number of hydrogen-bond acceptors (Lipinski definition) is 16. The molecule has 10 atom stereocenters. The molecular formula is C45H69IO16. The van der Waals surface area contributed by atoms with E-state index in [1.807, 2.05) is 22.6 Å². The number of halogens is 1. The van der Waals surface area contributed by atoms with Gasteiger partial charge in [-0.2, -0.15) is 0 Å². The molecule has 16 nitrogen and oxygen atoms in total. The van der Waals surface area contributed by atoms with Gasteiger partial charge in [-0.05, 0) is 136 Å². The van der Waals surface area contributed by atoms with E-state index in [0.717, 1.165) is 0 Å². The van der Waals surface area contributed by atoms with E-state index in [1.165, 1.54) is 0 Å². The summed E-state index contributed by atoms with van der Waals surface area (Å²) in [6.07, 6.45) is -9.03. The minimum Gasteiger partial charge on any atom is -0.462 e. The third-order valence-corrected chi connectivity index (χ3v) is 11.3. The molecule has 62 heavy (non-hydrogen) atoms. The van der Waals surface area contributed by atoms with E-state index in [2.05, 4.69) is 0 Å². The van der Waals surface area contributed by atoms with E-state index in [-0.39, 0.29) is 6.61 Å². The average molecular weight is 993 g/mol. The predicted molar refractivity (Wildman–Crippen MR) is 231 cm³/mol. The first kappa shape index (κ1) is 53.0. The van der Waals surface area contributed by atoms with Crippen molar-refractivity contribution in [3.63, 3.8) is 0 Å². The number of ether oxygens (including phenoxy) is 9. The van der Waals surface area contributed by atoms with Crippen LogP contribution in [-0.4, -0.2) is 102 Å². The van der Waals surface area contributed by atoms with E-state index < -0.39 is 140 Å². The van der Waals surface area contributed by atoms with Crippen LogP contribution in [0.3, 0.4) is 0 Å². The van der Waals surface area contributed by atoms with E-state index >= 15 is 0 Å². The van der Waals surface area contributed by atoms with E-state index in [0.29, 0.717) is 5.57 Å². The third kappa shape index (κ3) is 13.4. The summed E-state index contributed by atoms with van der Waals surface area (Å²) in [5.41, 5.74) is -5.73. The van der Waals surface area contributed by atoms with Crippen molar-refractivity contribution in [3.05, 3.63) is 11.6 Å². The van der Waals surface area contributed by atoms with Crippen molar-refractivity contribution in [3.8, 4) is 0 Å². The molecule has 352 valence electrons. The van der Waals surface area contributed by atoms with Crippen molar-refractivity contribution in [2.75, 3.05) is 13.2 Å². The van der Waals surface area contributed by atoms with E-state index in [9.17, 15) is 33.6 Å². The van der Waals surface area contributed by atoms with Crippen LogP contribution in [0.15, 0.2) is 11.6 Å². The van der Waals surface area contributed by atoms with Crippen molar-refractivity contribution in [2.24, 2.45) is 44.3 Å². The monoisotopic (exact) mass is 992 g/mol. The molecule has 2 fully saturated rings. The number of cyclic esters (lactones) is 1. The second kappa shape index (κ2) is 19.0. The predicted octanol–water partition coefficient (Wildman–Crippen LogP) is 6.60. The molecule has 2 aliphatic heterocycles. The van der Waals surface area contributed by atoms with Gasteiger partial charge in [0.1, 0.15) is 29.3 Å². The largest absolute Gasteiger partial charge is 0.462 e. The lowest BCUT2D eigenvalue weighted by atomic mass is 9.84. The van der Waals surface area contributed by atoms with E-state index in [4.69, 9.17) is 42.6 Å². The molecular weight excluding hydrogens is 923 g/mol. The Morgan fingerprint density at radius 3 is 1.40 bits per heavy atom. The normalized spacial score (nSPS) is 28.4. The number of fused-ring (bicyclic) bond motifs is 1. The topological polar surface area (TPSA) is 203 Å². The van der Waals surface area contributed by atoms with Crippen molar-refractivity contribution in [1.82, 2.24) is 0 Å². The van der Waals surface area contributed by atoms with Crippen molar-refractivity contribution in [2.45, 2.75) is 172 Å². The molecule has 2 saturated heterocycles. The second-order valence-electron chi connectivity index (χ2n) is 22.4. The lowest BCUT2D eigenvalue weighted by Crippen LogP contribution is -2.65. The zero-order valence-corrected chi connectivity index (χ0v) is 41.8. The highest BCUT2D eigenvalue weighted by atomic mass is 127. The Labute approximate surface area is 380 Å². The molecule has 17 heteroatoms. The summed E-state index contributed by atoms with van der Waals surface area (Å²) in [7, 11) is 0. The standard InChI is InChI=1S/C45H69IO16/c1-40(2,3)34(48)54-20-22-19-23(57-36(50)42(7,8)9)26-25(22)32(61-31(47)27(26)46)62-33-30(60-39(53)45(16,17)18)29(59-38(52)44(13,14)15)28(58-37(51)43(10,11)12)24(56-33)21-55-35(49)41(4,5)6/h19,23-30,32-33H,20-21H2,1-18H3/t23-,24-,25-,26+,27?,28-,29+,30-,32+,33+/m1/s1. The fraction of sp³-hybridized carbons (Fsp3) is 0.800. The average Bonchev–Trinajstić information content (AvgIpc) is 3.45. The Balaban J connectivity index is 2.28. The lowest BCUT2D eigenvalue weighted by molar-refractivity contribution is -0.347. The third-order valence-electron chi connectivity index (χ3n) is 9.94. The molecule has 0 aromatic rings. The van der Waals surface area contributed by atoms with Crippen LogP contribution in [0.5, 0.6) is 0 Å². The maximum atomic E-state index is 13.8. The van der Waals surface area contributed by atoms with Crippen LogP contribution < -0.4 is 0 Å². The number of rotatable bonds is 10. The molecule has 2 heterocycles. The molecule has 0 amide bonds. The highest BCUT2D eigenvalue weighted by Gasteiger charge is 2.60. The number of hydrogen-bond donors (Lipinski definition) is 0. The molecule has 0 spiro atoms. The molecule has 0 N–H and O–H groups in total. The summed E-state index contributed by atoms with van der Waals surface area (Å²) in [5, 5.41) is 0. The van der Waals surface area contributed by atoms with Crippen LogP contribution in [0.1, 0.15) is 125 Å². The Morgan fingerprint density at radius 2 is 0.952 bits per heavy atom. The summed E-state index contributed by atoms with van der Waals surface area (Å²) < 4.78 is 53.9. The maximum Gasteiger partial charge on any atom is 0.321 e. The van der Waals surface area contributed by atoms with Gasteiger partial charge in [0.15, 0.2) is 18.3 Å². The van der Waals surface area contributed by atoms with Crippen molar-refractivity contribution in [1.29, 1.82) is 0 Å². The molecule has 3 aliphatic rings. The Hall–Kier alpha value is -3.32. The zero-order chi connectivity index (χ0) is 47.9. The SMILES string of the molecule is CC(C)(C)C(=O)OCC1=C[C@@H](OC(=O)C(C)(C)C)[C@@H]2C(I)C(=O)O[C@@H](O[C@@H]3O[C@H](COC(=O)C(C)(C)C)[C@@H](OC(=O)C(C)(C)C)[C@H](OC(=O)C(C)(C)C)[C@H]3OC(=O)C(C)(C)C)[C@H]12. The highest BCUT2D eigenvalue weighted by molar-refractivity contribution is 14.1. The molecule has 3 rings (SSSR count). The van der Waals surface area contributed by atoms with Gasteiger partial charge in [0.2, 0.25) is 12.6 Å². The summed E-state index contributed by atoms with van der Waals surface area (Å²) in [5.74, 6) is -6.51. The van der Waals surface area contributed by atoms with Crippen molar-refractivity contribution < 1.29 is 76.2 Å². The maximum absolute atomic E-state index is 13.8. The molecule has 1 unspecified atom stereocenters. The van der Waals surface area contributed by atoms with Gasteiger partial charge in [0.05, 0.1) is 38.4 Å². The molecule has 0 aromatic heterocycles. The van der Waals surface area contributed by atoms with E-state index in [1.54, 1.807) is 131 Å². The summed E-state index contributed by atoms with van der Waals surface area (Å²) >= 11 is 1.91. The minimum atomic E-state index is -1.76. The first-order valence-electron chi connectivity index (χ1n) is 20.9. The van der Waals surface area contributed by atoms with Crippen LogP contribution in [0.25, 0.3) is 0 Å². The number of alkyl halides is 1. The fourth-order valence-corrected chi connectivity index (χ4v) is 6.97. The Kier molecular flexibility index (Phi) is 16.3. The first-order chi connectivity index (χ1) is 27.8. The van der Waals surface area contributed by atoms with Crippen LogP contribution in [0.4, 0.5) is 0 Å². The van der Waals surface area contributed by atoms with Gasteiger partial charge >= 0.3 is 41.8 Å². The van der Waals surface area contributed by atoms with Crippen LogP contribution >= 0.6 is 22.6 Å². The van der Waals surface area contributed by atoms with Gasteiger partial charge in [-0.15, -0.1) is 0 Å². The molecule has 0 saturated carbocycles. The van der Waals surface area contributed by atoms with Crippen LogP contribution in [0, 0.1) is 44.3 Å². The Bertz CT molecular complexity index is 1740. The second-order valence-corrected chi connectivity index (χ2v) is 23.7. The highest BCUT2D eigenvalue weighted by Crippen LogP contribution is 2.48. The first-order valence-corrected chi connectivity index (χ1v) is 22.1. The van der Waals surface area contributed by atoms with Gasteiger partial charge < -0.3 is 42.6 Å².